The maximum absolute atomic E-state index is 13.2. The van der Waals surface area contributed by atoms with E-state index in [0.29, 0.717) is 15.8 Å². The van der Waals surface area contributed by atoms with Crippen LogP contribution in [0, 0.1) is 5.82 Å². The molecule has 0 radical (unpaired) electrons. The van der Waals surface area contributed by atoms with E-state index >= 15 is 0 Å². The molecule has 5 heteroatoms. The molecule has 18 heavy (non-hydrogen) atoms. The molecule has 2 rings (SSSR count). The van der Waals surface area contributed by atoms with Crippen LogP contribution in [0.3, 0.4) is 0 Å². The van der Waals surface area contributed by atoms with Gasteiger partial charge >= 0.3 is 0 Å². The number of hydrogen-bond donors (Lipinski definition) is 0. The summed E-state index contributed by atoms with van der Waals surface area (Å²) in [4.78, 5) is 0.966. The van der Waals surface area contributed by atoms with Gasteiger partial charge in [0.05, 0.1) is 0 Å². The van der Waals surface area contributed by atoms with E-state index in [9.17, 15) is 4.39 Å². The Balaban J connectivity index is 2.11. The number of benzene rings is 2. The van der Waals surface area contributed by atoms with Gasteiger partial charge in [-0.1, -0.05) is 39.1 Å². The van der Waals surface area contributed by atoms with Gasteiger partial charge in [0.25, 0.3) is 0 Å². The summed E-state index contributed by atoms with van der Waals surface area (Å²) in [6.45, 7) is 0. The van der Waals surface area contributed by atoms with Crippen LogP contribution in [0.2, 0.25) is 10.0 Å². The van der Waals surface area contributed by atoms with Gasteiger partial charge in [-0.3, -0.25) is 0 Å². The van der Waals surface area contributed by atoms with Gasteiger partial charge in [-0.05, 0) is 42.0 Å². The van der Waals surface area contributed by atoms with Crippen molar-refractivity contribution in [1.29, 1.82) is 0 Å². The average Bonchev–Trinajstić information content (AvgIpc) is 2.23. The number of thioether (sulfide) groups is 1. The van der Waals surface area contributed by atoms with Gasteiger partial charge in [0, 0.05) is 25.2 Å². The summed E-state index contributed by atoms with van der Waals surface area (Å²) in [5.74, 6) is 0.414. The molecule has 0 unspecified atom stereocenters. The van der Waals surface area contributed by atoms with Crippen molar-refractivity contribution in [2.75, 3.05) is 0 Å². The zero-order valence-corrected chi connectivity index (χ0v) is 13.0. The van der Waals surface area contributed by atoms with Gasteiger partial charge < -0.3 is 0 Å². The van der Waals surface area contributed by atoms with E-state index < -0.39 is 0 Å². The van der Waals surface area contributed by atoms with E-state index in [2.05, 4.69) is 15.9 Å². The van der Waals surface area contributed by atoms with E-state index in [-0.39, 0.29) is 5.82 Å². The standard InChI is InChI=1S/C13H8BrCl2FS/c14-9-1-8(2-12(17)3-9)7-18-13-5-10(15)4-11(16)6-13/h1-6H,7H2. The van der Waals surface area contributed by atoms with Crippen LogP contribution in [0.1, 0.15) is 5.56 Å². The monoisotopic (exact) mass is 364 g/mol. The van der Waals surface area contributed by atoms with Crippen LogP contribution in [0.5, 0.6) is 0 Å². The minimum Gasteiger partial charge on any atom is -0.207 e. The van der Waals surface area contributed by atoms with Gasteiger partial charge in [-0.15, -0.1) is 11.8 Å². The summed E-state index contributed by atoms with van der Waals surface area (Å²) in [5, 5.41) is 1.20. The van der Waals surface area contributed by atoms with Crippen molar-refractivity contribution in [3.8, 4) is 0 Å². The summed E-state index contributed by atoms with van der Waals surface area (Å²) >= 11 is 16.7. The van der Waals surface area contributed by atoms with Crippen molar-refractivity contribution in [3.05, 3.63) is 62.3 Å². The molecule has 0 fully saturated rings. The second-order valence-corrected chi connectivity index (χ2v) is 6.51. The van der Waals surface area contributed by atoms with Gasteiger partial charge in [0.1, 0.15) is 5.82 Å². The third kappa shape index (κ3) is 4.16. The molecule has 2 aromatic carbocycles. The SMILES string of the molecule is Fc1cc(Br)cc(CSc2cc(Cl)cc(Cl)c2)c1. The summed E-state index contributed by atoms with van der Waals surface area (Å²) < 4.78 is 13.9. The fourth-order valence-electron chi connectivity index (χ4n) is 1.47. The van der Waals surface area contributed by atoms with Gasteiger partial charge in [0.2, 0.25) is 0 Å². The molecule has 0 N–H and O–H groups in total. The lowest BCUT2D eigenvalue weighted by Gasteiger charge is -2.04. The summed E-state index contributed by atoms with van der Waals surface area (Å²) in [7, 11) is 0. The molecule has 0 aliphatic rings. The zero-order valence-electron chi connectivity index (χ0n) is 9.09. The summed E-state index contributed by atoms with van der Waals surface area (Å²) in [5.41, 5.74) is 0.906. The first-order chi connectivity index (χ1) is 8.52. The Hall–Kier alpha value is -0.220. The van der Waals surface area contributed by atoms with Crippen LogP contribution in [-0.4, -0.2) is 0 Å². The van der Waals surface area contributed by atoms with E-state index in [1.807, 2.05) is 18.2 Å². The molecule has 0 saturated heterocycles. The van der Waals surface area contributed by atoms with Gasteiger partial charge in [0.15, 0.2) is 0 Å². The molecule has 0 bridgehead atoms. The Morgan fingerprint density at radius 2 is 1.67 bits per heavy atom. The molecule has 0 saturated carbocycles. The van der Waals surface area contributed by atoms with Crippen molar-refractivity contribution in [1.82, 2.24) is 0 Å². The highest BCUT2D eigenvalue weighted by Gasteiger charge is 2.02. The molecule has 0 aromatic heterocycles. The Labute approximate surface area is 128 Å². The van der Waals surface area contributed by atoms with E-state index in [1.165, 1.54) is 12.1 Å². The Bertz CT molecular complexity index is 483. The van der Waals surface area contributed by atoms with Crippen LogP contribution in [0.25, 0.3) is 0 Å². The first-order valence-corrected chi connectivity index (χ1v) is 7.60. The summed E-state index contributed by atoms with van der Waals surface area (Å²) in [6.07, 6.45) is 0. The third-order valence-electron chi connectivity index (χ3n) is 2.16. The smallest absolute Gasteiger partial charge is 0.124 e. The second-order valence-electron chi connectivity index (χ2n) is 3.67. The first-order valence-electron chi connectivity index (χ1n) is 5.07. The van der Waals surface area contributed by atoms with E-state index in [1.54, 1.807) is 17.8 Å². The molecule has 0 aliphatic carbocycles. The predicted octanol–water partition coefficient (Wildman–Crippen LogP) is 6.19. The Morgan fingerprint density at radius 1 is 1.00 bits per heavy atom. The molecule has 2 aromatic rings. The lowest BCUT2D eigenvalue weighted by molar-refractivity contribution is 0.625. The van der Waals surface area contributed by atoms with Crippen LogP contribution in [0.4, 0.5) is 4.39 Å². The number of halogens is 4. The molecule has 0 nitrogen and oxygen atoms in total. The molecule has 0 amide bonds. The zero-order chi connectivity index (χ0) is 13.1. The fourth-order valence-corrected chi connectivity index (χ4v) is 3.56. The highest BCUT2D eigenvalue weighted by molar-refractivity contribution is 9.10. The molecular formula is C13H8BrCl2FS. The molecule has 0 aliphatic heterocycles. The maximum atomic E-state index is 13.2. The lowest BCUT2D eigenvalue weighted by atomic mass is 10.2. The Kier molecular flexibility index (Phi) is 4.96. The van der Waals surface area contributed by atoms with Crippen molar-refractivity contribution in [2.24, 2.45) is 0 Å². The number of rotatable bonds is 3. The molecule has 0 atom stereocenters. The van der Waals surface area contributed by atoms with Crippen LogP contribution in [0.15, 0.2) is 45.8 Å². The molecule has 94 valence electrons. The van der Waals surface area contributed by atoms with E-state index in [0.717, 1.165) is 14.9 Å². The maximum Gasteiger partial charge on any atom is 0.124 e. The van der Waals surface area contributed by atoms with Crippen LogP contribution >= 0.6 is 50.9 Å². The Morgan fingerprint density at radius 3 is 2.28 bits per heavy atom. The number of hydrogen-bond acceptors (Lipinski definition) is 1. The van der Waals surface area contributed by atoms with Crippen LogP contribution in [-0.2, 0) is 5.75 Å². The minimum absolute atomic E-state index is 0.246. The lowest BCUT2D eigenvalue weighted by Crippen LogP contribution is -1.84. The predicted molar refractivity (Wildman–Crippen MR) is 80.1 cm³/mol. The van der Waals surface area contributed by atoms with Crippen molar-refractivity contribution < 1.29 is 4.39 Å². The fraction of sp³-hybridized carbons (Fsp3) is 0.0769. The van der Waals surface area contributed by atoms with Crippen molar-refractivity contribution in [2.45, 2.75) is 10.6 Å². The molecule has 0 heterocycles. The van der Waals surface area contributed by atoms with Crippen molar-refractivity contribution >= 4 is 50.9 Å². The van der Waals surface area contributed by atoms with Gasteiger partial charge in [-0.2, -0.15) is 0 Å². The quantitative estimate of drug-likeness (QED) is 0.584. The topological polar surface area (TPSA) is 0 Å². The van der Waals surface area contributed by atoms with Crippen LogP contribution < -0.4 is 0 Å². The largest absolute Gasteiger partial charge is 0.207 e. The summed E-state index contributed by atoms with van der Waals surface area (Å²) in [6, 6.07) is 10.2. The highest BCUT2D eigenvalue weighted by Crippen LogP contribution is 2.29. The highest BCUT2D eigenvalue weighted by atomic mass is 79.9. The minimum atomic E-state index is -0.246. The average molecular weight is 366 g/mol. The first kappa shape index (κ1) is 14.2. The van der Waals surface area contributed by atoms with Crippen molar-refractivity contribution in [3.63, 3.8) is 0 Å². The normalized spacial score (nSPS) is 10.7. The van der Waals surface area contributed by atoms with E-state index in [4.69, 9.17) is 23.2 Å². The third-order valence-corrected chi connectivity index (χ3v) is 4.10. The molecular weight excluding hydrogens is 358 g/mol. The van der Waals surface area contributed by atoms with Gasteiger partial charge in [-0.25, -0.2) is 4.39 Å². The molecule has 0 spiro atoms. The second kappa shape index (κ2) is 6.29.